The molecule has 1 rings (SSSR count). The molecular formula is C14H29NO. The van der Waals surface area contributed by atoms with E-state index in [0.717, 1.165) is 18.9 Å². The molecule has 0 aromatic heterocycles. The summed E-state index contributed by atoms with van der Waals surface area (Å²) in [6.45, 7) is 7.83. The second-order valence-corrected chi connectivity index (χ2v) is 5.63. The lowest BCUT2D eigenvalue weighted by Crippen LogP contribution is -2.43. The van der Waals surface area contributed by atoms with E-state index in [9.17, 15) is 0 Å². The highest BCUT2D eigenvalue weighted by Crippen LogP contribution is 2.28. The summed E-state index contributed by atoms with van der Waals surface area (Å²) < 4.78 is 5.19. The summed E-state index contributed by atoms with van der Waals surface area (Å²) in [6, 6.07) is 1.28. The first-order valence-corrected chi connectivity index (χ1v) is 6.90. The zero-order valence-corrected chi connectivity index (χ0v) is 11.5. The Balaban J connectivity index is 2.34. The van der Waals surface area contributed by atoms with Crippen LogP contribution >= 0.6 is 0 Å². The monoisotopic (exact) mass is 227 g/mol. The van der Waals surface area contributed by atoms with Crippen molar-refractivity contribution >= 4 is 0 Å². The number of nitrogens with one attached hydrogen (secondary N) is 1. The van der Waals surface area contributed by atoms with Crippen LogP contribution in [-0.4, -0.2) is 25.8 Å². The van der Waals surface area contributed by atoms with Gasteiger partial charge in [-0.15, -0.1) is 0 Å². The molecule has 0 bridgehead atoms. The third-order valence-electron chi connectivity index (χ3n) is 4.02. The highest BCUT2D eigenvalue weighted by molar-refractivity contribution is 4.81. The van der Waals surface area contributed by atoms with Gasteiger partial charge in [0.05, 0.1) is 0 Å². The maximum absolute atomic E-state index is 5.19. The van der Waals surface area contributed by atoms with Crippen molar-refractivity contribution in [3.8, 4) is 0 Å². The molecule has 0 radical (unpaired) electrons. The van der Waals surface area contributed by atoms with Crippen molar-refractivity contribution in [2.75, 3.05) is 13.7 Å². The number of rotatable bonds is 7. The Bertz CT molecular complexity index is 176. The van der Waals surface area contributed by atoms with Crippen LogP contribution in [0, 0.1) is 11.8 Å². The smallest absolute Gasteiger partial charge is 0.0477 e. The molecule has 16 heavy (non-hydrogen) atoms. The van der Waals surface area contributed by atoms with Crippen LogP contribution in [0.2, 0.25) is 0 Å². The number of ether oxygens (including phenoxy) is 1. The minimum absolute atomic E-state index is 0.607. The second kappa shape index (κ2) is 7.29. The fourth-order valence-electron chi connectivity index (χ4n) is 2.79. The molecule has 1 aliphatic rings. The quantitative estimate of drug-likeness (QED) is 0.721. The molecule has 2 unspecified atom stereocenters. The first kappa shape index (κ1) is 14.0. The van der Waals surface area contributed by atoms with Crippen LogP contribution < -0.4 is 5.32 Å². The maximum atomic E-state index is 5.19. The topological polar surface area (TPSA) is 21.3 Å². The van der Waals surface area contributed by atoms with Gasteiger partial charge in [-0.1, -0.05) is 26.7 Å². The molecule has 2 heteroatoms. The molecule has 0 aromatic rings. The molecule has 1 N–H and O–H groups in total. The van der Waals surface area contributed by atoms with Crippen molar-refractivity contribution in [3.05, 3.63) is 0 Å². The van der Waals surface area contributed by atoms with Gasteiger partial charge in [0.15, 0.2) is 0 Å². The van der Waals surface area contributed by atoms with E-state index < -0.39 is 0 Å². The molecular weight excluding hydrogens is 198 g/mol. The summed E-state index contributed by atoms with van der Waals surface area (Å²) in [5.41, 5.74) is 0. The lowest BCUT2D eigenvalue weighted by molar-refractivity contribution is 0.166. The van der Waals surface area contributed by atoms with Crippen LogP contribution in [0.4, 0.5) is 0 Å². The van der Waals surface area contributed by atoms with Crippen molar-refractivity contribution in [2.45, 2.75) is 65.0 Å². The molecule has 1 fully saturated rings. The third-order valence-corrected chi connectivity index (χ3v) is 4.02. The Morgan fingerprint density at radius 1 is 1.19 bits per heavy atom. The van der Waals surface area contributed by atoms with E-state index >= 15 is 0 Å². The Labute approximate surface area is 101 Å². The fourth-order valence-corrected chi connectivity index (χ4v) is 2.79. The van der Waals surface area contributed by atoms with Gasteiger partial charge in [-0.3, -0.25) is 0 Å². The number of methoxy groups -OCH3 is 1. The molecule has 2 nitrogen and oxygen atoms in total. The molecule has 0 aliphatic heterocycles. The van der Waals surface area contributed by atoms with Gasteiger partial charge in [-0.05, 0) is 38.0 Å². The van der Waals surface area contributed by atoms with Gasteiger partial charge in [-0.2, -0.15) is 0 Å². The SMILES string of the molecule is COCCC(NC(C)C1CCCC1)C(C)C. The van der Waals surface area contributed by atoms with E-state index in [1.54, 1.807) is 7.11 Å². The first-order chi connectivity index (χ1) is 7.65. The molecule has 2 atom stereocenters. The normalized spacial score (nSPS) is 21.6. The fraction of sp³-hybridized carbons (Fsp3) is 1.00. The van der Waals surface area contributed by atoms with E-state index in [1.165, 1.54) is 25.7 Å². The molecule has 0 aromatic carbocycles. The largest absolute Gasteiger partial charge is 0.385 e. The maximum Gasteiger partial charge on any atom is 0.0477 e. The summed E-state index contributed by atoms with van der Waals surface area (Å²) in [4.78, 5) is 0. The van der Waals surface area contributed by atoms with Gasteiger partial charge in [0.25, 0.3) is 0 Å². The third kappa shape index (κ3) is 4.42. The van der Waals surface area contributed by atoms with E-state index in [4.69, 9.17) is 4.74 Å². The molecule has 1 saturated carbocycles. The van der Waals surface area contributed by atoms with Crippen LogP contribution in [0.1, 0.15) is 52.9 Å². The van der Waals surface area contributed by atoms with Gasteiger partial charge in [0.1, 0.15) is 0 Å². The summed E-state index contributed by atoms with van der Waals surface area (Å²) >= 11 is 0. The van der Waals surface area contributed by atoms with Crippen LogP contribution in [0.15, 0.2) is 0 Å². The van der Waals surface area contributed by atoms with Crippen LogP contribution in [-0.2, 0) is 4.74 Å². The Kier molecular flexibility index (Phi) is 6.37. The minimum atomic E-state index is 0.607. The van der Waals surface area contributed by atoms with Gasteiger partial charge in [0, 0.05) is 25.8 Å². The number of hydrogen-bond donors (Lipinski definition) is 1. The second-order valence-electron chi connectivity index (χ2n) is 5.63. The van der Waals surface area contributed by atoms with Gasteiger partial charge in [0.2, 0.25) is 0 Å². The van der Waals surface area contributed by atoms with E-state index in [0.29, 0.717) is 18.0 Å². The Morgan fingerprint density at radius 2 is 1.81 bits per heavy atom. The van der Waals surface area contributed by atoms with Crippen molar-refractivity contribution in [1.82, 2.24) is 5.32 Å². The minimum Gasteiger partial charge on any atom is -0.385 e. The average Bonchev–Trinajstić information content (AvgIpc) is 2.76. The van der Waals surface area contributed by atoms with E-state index in [2.05, 4.69) is 26.1 Å². The predicted molar refractivity (Wildman–Crippen MR) is 69.7 cm³/mol. The lowest BCUT2D eigenvalue weighted by atomic mass is 9.95. The molecule has 0 heterocycles. The summed E-state index contributed by atoms with van der Waals surface area (Å²) in [7, 11) is 1.79. The highest BCUT2D eigenvalue weighted by Gasteiger charge is 2.24. The average molecular weight is 227 g/mol. The van der Waals surface area contributed by atoms with E-state index in [1.807, 2.05) is 0 Å². The van der Waals surface area contributed by atoms with Crippen LogP contribution in [0.5, 0.6) is 0 Å². The van der Waals surface area contributed by atoms with Crippen molar-refractivity contribution < 1.29 is 4.74 Å². The highest BCUT2D eigenvalue weighted by atomic mass is 16.5. The Hall–Kier alpha value is -0.0800. The van der Waals surface area contributed by atoms with Crippen molar-refractivity contribution in [3.63, 3.8) is 0 Å². The van der Waals surface area contributed by atoms with Crippen molar-refractivity contribution in [1.29, 1.82) is 0 Å². The lowest BCUT2D eigenvalue weighted by Gasteiger charge is -2.29. The van der Waals surface area contributed by atoms with Gasteiger partial charge < -0.3 is 10.1 Å². The molecule has 0 spiro atoms. The summed E-state index contributed by atoms with van der Waals surface area (Å²) in [5, 5.41) is 3.81. The zero-order chi connectivity index (χ0) is 12.0. The molecule has 1 aliphatic carbocycles. The van der Waals surface area contributed by atoms with Crippen LogP contribution in [0.25, 0.3) is 0 Å². The molecule has 0 saturated heterocycles. The summed E-state index contributed by atoms with van der Waals surface area (Å²) in [6.07, 6.45) is 6.83. The predicted octanol–water partition coefficient (Wildman–Crippen LogP) is 3.22. The summed E-state index contributed by atoms with van der Waals surface area (Å²) in [5.74, 6) is 1.60. The Morgan fingerprint density at radius 3 is 2.31 bits per heavy atom. The van der Waals surface area contributed by atoms with Gasteiger partial charge in [-0.25, -0.2) is 0 Å². The molecule has 96 valence electrons. The van der Waals surface area contributed by atoms with Crippen LogP contribution in [0.3, 0.4) is 0 Å². The zero-order valence-electron chi connectivity index (χ0n) is 11.5. The number of hydrogen-bond acceptors (Lipinski definition) is 2. The van der Waals surface area contributed by atoms with Gasteiger partial charge >= 0.3 is 0 Å². The van der Waals surface area contributed by atoms with Crippen molar-refractivity contribution in [2.24, 2.45) is 11.8 Å². The molecule has 0 amide bonds. The standard InChI is InChI=1S/C14H29NO/c1-11(2)14(9-10-16-4)15-12(3)13-7-5-6-8-13/h11-15H,5-10H2,1-4H3. The first-order valence-electron chi connectivity index (χ1n) is 6.90. The van der Waals surface area contributed by atoms with E-state index in [-0.39, 0.29) is 0 Å².